The number of aliphatic hydroxyl groups is 1. The number of rotatable bonds is 3. The summed E-state index contributed by atoms with van der Waals surface area (Å²) in [4.78, 5) is 30.1. The minimum absolute atomic E-state index is 0.193. The number of aromatic nitrogens is 1. The van der Waals surface area contributed by atoms with Crippen LogP contribution in [-0.2, 0) is 15.9 Å². The van der Waals surface area contributed by atoms with Crippen LogP contribution < -0.4 is 5.32 Å². The molecule has 2 N–H and O–H groups in total. The van der Waals surface area contributed by atoms with Crippen molar-refractivity contribution >= 4 is 17.9 Å². The van der Waals surface area contributed by atoms with Crippen molar-refractivity contribution in [2.24, 2.45) is 0 Å². The van der Waals surface area contributed by atoms with E-state index in [2.05, 4.69) is 10.3 Å². The van der Waals surface area contributed by atoms with E-state index in [1.54, 1.807) is 44.0 Å². The van der Waals surface area contributed by atoms with Gasteiger partial charge in [0, 0.05) is 18.2 Å². The molecule has 0 bridgehead atoms. The first kappa shape index (κ1) is 21.9. The van der Waals surface area contributed by atoms with Crippen LogP contribution in [0, 0.1) is 0 Å². The lowest BCUT2D eigenvalue weighted by Gasteiger charge is -2.28. The molecule has 0 spiro atoms. The fourth-order valence-electron chi connectivity index (χ4n) is 2.91. The molecule has 2 atom stereocenters. The molecule has 0 unspecified atom stereocenters. The summed E-state index contributed by atoms with van der Waals surface area (Å²) in [6, 6.07) is 3.32. The molecule has 1 saturated heterocycles. The highest BCUT2D eigenvalue weighted by Gasteiger charge is 2.37. The Morgan fingerprint density at radius 1 is 1.18 bits per heavy atom. The van der Waals surface area contributed by atoms with Gasteiger partial charge in [0.2, 0.25) is 0 Å². The molecule has 1 fully saturated rings. The largest absolute Gasteiger partial charge is 0.444 e. The monoisotopic (exact) mass is 393 g/mol. The number of likely N-dealkylation sites (tertiary alicyclic amines) is 1. The Hall–Kier alpha value is -2.35. The van der Waals surface area contributed by atoms with E-state index < -0.39 is 29.5 Å². The second-order valence-corrected chi connectivity index (χ2v) is 9.05. The SMILES string of the molecule is CC(C)(C)OC(=O)Nc1ccc(C[C@@H]2C[C@@H](O)CN2C(=O)OC(C)(C)C)nc1. The Labute approximate surface area is 166 Å². The fraction of sp³-hybridized carbons (Fsp3) is 0.650. The van der Waals surface area contributed by atoms with Crippen LogP contribution in [-0.4, -0.2) is 57.1 Å². The normalized spacial score (nSPS) is 20.0. The highest BCUT2D eigenvalue weighted by molar-refractivity contribution is 5.84. The van der Waals surface area contributed by atoms with E-state index in [1.165, 1.54) is 0 Å². The van der Waals surface area contributed by atoms with Crippen LogP contribution in [0.5, 0.6) is 0 Å². The van der Waals surface area contributed by atoms with E-state index in [0.29, 0.717) is 18.5 Å². The summed E-state index contributed by atoms with van der Waals surface area (Å²) < 4.78 is 10.6. The van der Waals surface area contributed by atoms with Crippen LogP contribution in [0.25, 0.3) is 0 Å². The van der Waals surface area contributed by atoms with Crippen molar-refractivity contribution in [1.82, 2.24) is 9.88 Å². The number of hydrogen-bond donors (Lipinski definition) is 2. The van der Waals surface area contributed by atoms with Crippen molar-refractivity contribution < 1.29 is 24.2 Å². The number of carbonyl (C=O) groups excluding carboxylic acids is 2. The Balaban J connectivity index is 1.98. The minimum atomic E-state index is -0.595. The highest BCUT2D eigenvalue weighted by atomic mass is 16.6. The summed E-state index contributed by atoms with van der Waals surface area (Å²) in [6.45, 7) is 11.1. The molecule has 1 aromatic heterocycles. The zero-order chi connectivity index (χ0) is 21.1. The van der Waals surface area contributed by atoms with Gasteiger partial charge in [0.25, 0.3) is 0 Å². The molecule has 156 valence electrons. The van der Waals surface area contributed by atoms with Gasteiger partial charge in [-0.2, -0.15) is 0 Å². The smallest absolute Gasteiger partial charge is 0.412 e. The van der Waals surface area contributed by atoms with Crippen LogP contribution in [0.1, 0.15) is 53.7 Å². The summed E-state index contributed by atoms with van der Waals surface area (Å²) in [7, 11) is 0. The second kappa shape index (κ2) is 8.34. The number of anilines is 1. The number of hydrogen-bond acceptors (Lipinski definition) is 6. The van der Waals surface area contributed by atoms with E-state index in [0.717, 1.165) is 5.69 Å². The summed E-state index contributed by atoms with van der Waals surface area (Å²) in [5.74, 6) is 0. The third-order valence-corrected chi connectivity index (χ3v) is 3.94. The first-order chi connectivity index (χ1) is 12.8. The molecule has 2 amide bonds. The third-order valence-electron chi connectivity index (χ3n) is 3.94. The van der Waals surface area contributed by atoms with Crippen molar-refractivity contribution in [2.45, 2.75) is 77.7 Å². The van der Waals surface area contributed by atoms with E-state index in [-0.39, 0.29) is 12.6 Å². The predicted molar refractivity (Wildman–Crippen MR) is 105 cm³/mol. The Morgan fingerprint density at radius 3 is 2.36 bits per heavy atom. The molecule has 0 aromatic carbocycles. The minimum Gasteiger partial charge on any atom is -0.444 e. The fourth-order valence-corrected chi connectivity index (χ4v) is 2.91. The van der Waals surface area contributed by atoms with Crippen molar-refractivity contribution in [3.8, 4) is 0 Å². The Kier molecular flexibility index (Phi) is 6.54. The number of nitrogens with one attached hydrogen (secondary N) is 1. The molecule has 2 rings (SSSR count). The van der Waals surface area contributed by atoms with Crippen LogP contribution >= 0.6 is 0 Å². The van der Waals surface area contributed by atoms with Crippen LogP contribution in [0.2, 0.25) is 0 Å². The number of aliphatic hydroxyl groups excluding tert-OH is 1. The molecule has 0 radical (unpaired) electrons. The van der Waals surface area contributed by atoms with Crippen LogP contribution in [0.3, 0.4) is 0 Å². The van der Waals surface area contributed by atoms with Gasteiger partial charge >= 0.3 is 12.2 Å². The van der Waals surface area contributed by atoms with Gasteiger partial charge in [0.15, 0.2) is 0 Å². The molecule has 0 aliphatic carbocycles. The molecule has 8 heteroatoms. The van der Waals surface area contributed by atoms with Gasteiger partial charge in [-0.15, -0.1) is 0 Å². The lowest BCUT2D eigenvalue weighted by molar-refractivity contribution is 0.0208. The van der Waals surface area contributed by atoms with Crippen LogP contribution in [0.15, 0.2) is 18.3 Å². The van der Waals surface area contributed by atoms with Crippen molar-refractivity contribution in [3.63, 3.8) is 0 Å². The number of ether oxygens (including phenoxy) is 2. The summed E-state index contributed by atoms with van der Waals surface area (Å²) in [5.41, 5.74) is 0.102. The molecule has 1 aromatic rings. The maximum absolute atomic E-state index is 12.4. The van der Waals surface area contributed by atoms with Gasteiger partial charge in [-0.1, -0.05) is 0 Å². The molecule has 0 saturated carbocycles. The summed E-state index contributed by atoms with van der Waals surface area (Å²) in [5, 5.41) is 12.6. The highest BCUT2D eigenvalue weighted by Crippen LogP contribution is 2.24. The maximum atomic E-state index is 12.4. The number of amides is 2. The summed E-state index contributed by atoms with van der Waals surface area (Å²) in [6.07, 6.45) is 0.949. The Morgan fingerprint density at radius 2 is 1.82 bits per heavy atom. The van der Waals surface area contributed by atoms with Crippen molar-refractivity contribution in [2.75, 3.05) is 11.9 Å². The van der Waals surface area contributed by atoms with Gasteiger partial charge in [-0.05, 0) is 60.1 Å². The average molecular weight is 393 g/mol. The summed E-state index contributed by atoms with van der Waals surface area (Å²) >= 11 is 0. The number of pyridine rings is 1. The first-order valence-corrected chi connectivity index (χ1v) is 9.45. The van der Waals surface area contributed by atoms with Gasteiger partial charge in [-0.3, -0.25) is 10.3 Å². The quantitative estimate of drug-likeness (QED) is 0.817. The van der Waals surface area contributed by atoms with Gasteiger partial charge in [0.05, 0.1) is 24.5 Å². The van der Waals surface area contributed by atoms with Crippen LogP contribution in [0.4, 0.5) is 15.3 Å². The van der Waals surface area contributed by atoms with E-state index in [4.69, 9.17) is 9.47 Å². The standard InChI is InChI=1S/C20H31N3O5/c1-19(2,3)27-17(25)22-14-8-7-13(21-11-14)9-15-10-16(24)12-23(15)18(26)28-20(4,5)6/h7-8,11,15-16,24H,9-10,12H2,1-6H3,(H,22,25)/t15-,16-/m1/s1. The van der Waals surface area contributed by atoms with Crippen molar-refractivity contribution in [3.05, 3.63) is 24.0 Å². The van der Waals surface area contributed by atoms with Gasteiger partial charge in [-0.25, -0.2) is 9.59 Å². The third kappa shape index (κ3) is 6.99. The molecule has 1 aliphatic heterocycles. The van der Waals surface area contributed by atoms with Crippen molar-refractivity contribution in [1.29, 1.82) is 0 Å². The molecular formula is C20H31N3O5. The number of β-amino-alcohol motifs (C(OH)–C–C–N with tert-alkyl or cyclic N) is 1. The molecule has 1 aliphatic rings. The predicted octanol–water partition coefficient (Wildman–Crippen LogP) is 3.34. The zero-order valence-corrected chi connectivity index (χ0v) is 17.5. The lowest BCUT2D eigenvalue weighted by Crippen LogP contribution is -2.41. The van der Waals surface area contributed by atoms with E-state index in [1.807, 2.05) is 20.8 Å². The number of carbonyl (C=O) groups is 2. The second-order valence-electron chi connectivity index (χ2n) is 9.05. The average Bonchev–Trinajstić information content (AvgIpc) is 2.86. The lowest BCUT2D eigenvalue weighted by atomic mass is 10.1. The zero-order valence-electron chi connectivity index (χ0n) is 17.5. The molecule has 2 heterocycles. The molecule has 8 nitrogen and oxygen atoms in total. The van der Waals surface area contributed by atoms with E-state index in [9.17, 15) is 14.7 Å². The van der Waals surface area contributed by atoms with Gasteiger partial charge < -0.3 is 19.5 Å². The first-order valence-electron chi connectivity index (χ1n) is 9.45. The Bertz CT molecular complexity index is 691. The number of nitrogens with zero attached hydrogens (tertiary/aromatic N) is 2. The molecule has 28 heavy (non-hydrogen) atoms. The maximum Gasteiger partial charge on any atom is 0.412 e. The van der Waals surface area contributed by atoms with E-state index >= 15 is 0 Å². The molecular weight excluding hydrogens is 362 g/mol. The topological polar surface area (TPSA) is 101 Å². The van der Waals surface area contributed by atoms with Gasteiger partial charge in [0.1, 0.15) is 11.2 Å².